The zero-order valence-corrected chi connectivity index (χ0v) is 31.9. The molecule has 4 rings (SSSR count). The van der Waals surface area contributed by atoms with E-state index < -0.39 is 77.3 Å². The summed E-state index contributed by atoms with van der Waals surface area (Å²) in [7, 11) is 1.73. The van der Waals surface area contributed by atoms with E-state index in [9.17, 15) is 29.7 Å². The van der Waals surface area contributed by atoms with Crippen molar-refractivity contribution in [1.82, 2.24) is 10.3 Å². The zero-order chi connectivity index (χ0) is 38.5. The summed E-state index contributed by atoms with van der Waals surface area (Å²) in [5, 5.41) is 38.2. The summed E-state index contributed by atoms with van der Waals surface area (Å²) in [5.41, 5.74) is -1.66. The third kappa shape index (κ3) is 9.15. The van der Waals surface area contributed by atoms with Crippen molar-refractivity contribution in [3.63, 3.8) is 0 Å². The number of aromatic nitrogens is 1. The van der Waals surface area contributed by atoms with E-state index in [1.165, 1.54) is 20.8 Å². The Morgan fingerprint density at radius 2 is 1.73 bits per heavy atom. The second kappa shape index (κ2) is 17.4. The molecule has 2 aromatic rings. The molecule has 0 spiro atoms. The Labute approximate surface area is 307 Å². The third-order valence-electron chi connectivity index (χ3n) is 11.0. The molecule has 0 radical (unpaired) electrons. The highest BCUT2D eigenvalue weighted by molar-refractivity contribution is 6.00. The molecule has 1 aromatic heterocycles. The van der Waals surface area contributed by atoms with Gasteiger partial charge >= 0.3 is 5.97 Å². The van der Waals surface area contributed by atoms with Crippen LogP contribution in [0.2, 0.25) is 0 Å². The Morgan fingerprint density at radius 3 is 2.40 bits per heavy atom. The second-order valence-corrected chi connectivity index (χ2v) is 15.2. The van der Waals surface area contributed by atoms with Gasteiger partial charge in [-0.1, -0.05) is 58.0 Å². The normalized spacial score (nSPS) is 38.7. The van der Waals surface area contributed by atoms with Gasteiger partial charge in [0, 0.05) is 35.4 Å². The molecule has 0 amide bonds. The number of ether oxygens (including phenoxy) is 4. The van der Waals surface area contributed by atoms with Crippen molar-refractivity contribution < 1.29 is 48.7 Å². The van der Waals surface area contributed by atoms with Gasteiger partial charge in [-0.25, -0.2) is 0 Å². The van der Waals surface area contributed by atoms with E-state index in [0.717, 1.165) is 16.5 Å². The Bertz CT molecular complexity index is 1580. The van der Waals surface area contributed by atoms with Crippen molar-refractivity contribution in [3.8, 4) is 0 Å². The highest BCUT2D eigenvalue weighted by Crippen LogP contribution is 2.38. The maximum Gasteiger partial charge on any atom is 0.316 e. The Hall–Kier alpha value is -3.10. The number of aliphatic hydroxyl groups excluding tert-OH is 2. The van der Waals surface area contributed by atoms with Crippen LogP contribution in [0.1, 0.15) is 80.2 Å². The van der Waals surface area contributed by atoms with Crippen LogP contribution in [-0.2, 0) is 33.3 Å². The van der Waals surface area contributed by atoms with Gasteiger partial charge in [0.15, 0.2) is 12.1 Å². The van der Waals surface area contributed by atoms with Gasteiger partial charge < -0.3 is 39.6 Å². The summed E-state index contributed by atoms with van der Waals surface area (Å²) in [6, 6.07) is 9.41. The Balaban J connectivity index is 1.77. The van der Waals surface area contributed by atoms with E-state index >= 15 is 0 Å². The minimum Gasteiger partial charge on any atom is -0.459 e. The van der Waals surface area contributed by atoms with Gasteiger partial charge in [-0.3, -0.25) is 19.4 Å². The molecule has 3 heterocycles. The van der Waals surface area contributed by atoms with Gasteiger partial charge in [0.2, 0.25) is 0 Å². The third-order valence-corrected chi connectivity index (χ3v) is 11.0. The molecule has 0 aliphatic carbocycles. The van der Waals surface area contributed by atoms with Gasteiger partial charge in [0.1, 0.15) is 29.5 Å². The van der Waals surface area contributed by atoms with E-state index in [0.29, 0.717) is 6.42 Å². The molecular weight excluding hydrogens is 668 g/mol. The van der Waals surface area contributed by atoms with Gasteiger partial charge in [-0.15, -0.1) is 0 Å². The number of ketones is 2. The largest absolute Gasteiger partial charge is 0.459 e. The lowest BCUT2D eigenvalue weighted by molar-refractivity contribution is -0.291. The molecule has 12 heteroatoms. The van der Waals surface area contributed by atoms with Crippen LogP contribution in [0.15, 0.2) is 42.6 Å². The number of cyclic esters (lactones) is 1. The van der Waals surface area contributed by atoms with Crippen LogP contribution in [0, 0.1) is 23.7 Å². The van der Waals surface area contributed by atoms with Crippen LogP contribution in [0.5, 0.6) is 0 Å². The summed E-state index contributed by atoms with van der Waals surface area (Å²) >= 11 is 0. The molecule has 0 saturated carbocycles. The molecule has 2 aliphatic rings. The molecule has 2 aliphatic heterocycles. The van der Waals surface area contributed by atoms with E-state index in [2.05, 4.69) is 10.3 Å². The van der Waals surface area contributed by atoms with Crippen LogP contribution < -0.4 is 5.32 Å². The molecule has 2 saturated heterocycles. The number of hydrogen-bond donors (Lipinski definition) is 4. The smallest absolute Gasteiger partial charge is 0.316 e. The highest BCUT2D eigenvalue weighted by Gasteiger charge is 2.52. The van der Waals surface area contributed by atoms with Crippen molar-refractivity contribution >= 4 is 34.5 Å². The van der Waals surface area contributed by atoms with Gasteiger partial charge in [-0.2, -0.15) is 0 Å². The average Bonchev–Trinajstić information content (AvgIpc) is 3.12. The number of esters is 1. The standard InChI is InChI=1S/C40H58N2O10/c1-10-31-40(8,48)35(46)24(4)32(43)22(2)20-39(7,49-17-13-14-27-19-28-15-11-12-16-29(28)42-21-27)36(25(5)33(44)26(6)37(47)51-31)52-38-34(45)30(41-9)18-23(3)50-38/h11-16,19,21-26,30-31,34-36,38,41,45-46,48H,10,17-18,20H2,1-9H3/b14-13+/t22-,23-,24+,25+,26-,30+,31-,34-,35-,36-,38?,39+,40-/m1/s1. The van der Waals surface area contributed by atoms with E-state index in [1.807, 2.05) is 43.3 Å². The molecule has 13 atom stereocenters. The number of carbonyl (C=O) groups excluding carboxylic acids is 3. The molecule has 288 valence electrons. The summed E-state index contributed by atoms with van der Waals surface area (Å²) in [6.45, 7) is 12.9. The fourth-order valence-corrected chi connectivity index (χ4v) is 7.77. The van der Waals surface area contributed by atoms with Gasteiger partial charge in [-0.05, 0) is 71.7 Å². The number of fused-ring (bicyclic) bond motifs is 1. The lowest BCUT2D eigenvalue weighted by Gasteiger charge is -2.46. The van der Waals surface area contributed by atoms with Crippen LogP contribution in [0.4, 0.5) is 0 Å². The number of rotatable bonds is 8. The van der Waals surface area contributed by atoms with Crippen LogP contribution in [0.25, 0.3) is 17.0 Å². The quantitative estimate of drug-likeness (QED) is 0.228. The van der Waals surface area contributed by atoms with Crippen molar-refractivity contribution in [1.29, 1.82) is 0 Å². The van der Waals surface area contributed by atoms with Gasteiger partial charge in [0.25, 0.3) is 0 Å². The number of benzene rings is 1. The highest BCUT2D eigenvalue weighted by atomic mass is 16.7. The Morgan fingerprint density at radius 1 is 1.04 bits per heavy atom. The first kappa shape index (κ1) is 41.7. The number of pyridine rings is 1. The summed E-state index contributed by atoms with van der Waals surface area (Å²) < 4.78 is 25.0. The molecule has 0 bridgehead atoms. The number of nitrogens with one attached hydrogen (secondary N) is 1. The molecule has 12 nitrogen and oxygen atoms in total. The minimum atomic E-state index is -1.99. The fourth-order valence-electron chi connectivity index (χ4n) is 7.77. The molecule has 1 aromatic carbocycles. The first-order valence-corrected chi connectivity index (χ1v) is 18.4. The van der Waals surface area contributed by atoms with Crippen molar-refractivity contribution in [2.45, 2.75) is 129 Å². The van der Waals surface area contributed by atoms with Crippen molar-refractivity contribution in [3.05, 3.63) is 48.2 Å². The number of hydrogen-bond acceptors (Lipinski definition) is 12. The SMILES string of the molecule is CC[C@H]1OC(=O)[C@H](C)C(=O)[C@H](C)[C@@H](OC2O[C@H](C)C[C@H](NC)[C@H]2O)[C@@](C)(OC/C=C/c2cnc3ccccc3c2)C[C@@H](C)C(=O)[C@H](C)[C@@H](O)[C@]1(C)O. The van der Waals surface area contributed by atoms with Crippen molar-refractivity contribution in [2.75, 3.05) is 13.7 Å². The molecular formula is C40H58N2O10. The first-order chi connectivity index (χ1) is 24.4. The number of aliphatic hydroxyl groups is 3. The lowest BCUT2D eigenvalue weighted by atomic mass is 9.74. The summed E-state index contributed by atoms with van der Waals surface area (Å²) in [6.07, 6.45) is -0.374. The van der Waals surface area contributed by atoms with Crippen molar-refractivity contribution in [2.24, 2.45) is 23.7 Å². The first-order valence-electron chi connectivity index (χ1n) is 18.4. The predicted molar refractivity (Wildman–Crippen MR) is 196 cm³/mol. The molecule has 1 unspecified atom stereocenters. The number of likely N-dealkylation sites (N-methyl/N-ethyl adjacent to an activating group) is 1. The Kier molecular flexibility index (Phi) is 13.9. The minimum absolute atomic E-state index is 0.0303. The maximum absolute atomic E-state index is 14.2. The topological polar surface area (TPSA) is 174 Å². The van der Waals surface area contributed by atoms with Crippen LogP contribution in [-0.4, -0.2) is 106 Å². The number of para-hydroxylation sites is 1. The number of Topliss-reactive ketones (excluding diaryl/α,β-unsaturated/α-hetero) is 2. The predicted octanol–water partition coefficient (Wildman–Crippen LogP) is 4.01. The van der Waals surface area contributed by atoms with Gasteiger partial charge in [0.05, 0.1) is 36.0 Å². The maximum atomic E-state index is 14.2. The van der Waals surface area contributed by atoms with E-state index in [1.54, 1.807) is 47.0 Å². The number of carbonyl (C=O) groups is 3. The summed E-state index contributed by atoms with van der Waals surface area (Å²) in [4.78, 5) is 46.3. The van der Waals surface area contributed by atoms with E-state index in [4.69, 9.17) is 18.9 Å². The average molecular weight is 727 g/mol. The molecule has 2 fully saturated rings. The number of nitrogens with zero attached hydrogens (tertiary/aromatic N) is 1. The summed E-state index contributed by atoms with van der Waals surface area (Å²) in [5.74, 6) is -5.87. The molecule has 52 heavy (non-hydrogen) atoms. The molecule has 4 N–H and O–H groups in total. The second-order valence-electron chi connectivity index (χ2n) is 15.2. The monoisotopic (exact) mass is 726 g/mol. The fraction of sp³-hybridized carbons (Fsp3) is 0.650. The lowest BCUT2D eigenvalue weighted by Crippen LogP contribution is -2.60. The zero-order valence-electron chi connectivity index (χ0n) is 31.9. The van der Waals surface area contributed by atoms with Crippen LogP contribution in [0.3, 0.4) is 0 Å². The van der Waals surface area contributed by atoms with Crippen LogP contribution >= 0.6 is 0 Å². The van der Waals surface area contributed by atoms with E-state index in [-0.39, 0.29) is 37.4 Å².